The third kappa shape index (κ3) is 4.91. The van der Waals surface area contributed by atoms with Gasteiger partial charge in [0.05, 0.1) is 18.4 Å². The summed E-state index contributed by atoms with van der Waals surface area (Å²) in [6.45, 7) is 1.22. The number of hydrogen-bond donors (Lipinski definition) is 0. The Morgan fingerprint density at radius 1 is 1.41 bits per heavy atom. The van der Waals surface area contributed by atoms with E-state index in [1.807, 2.05) is 0 Å². The van der Waals surface area contributed by atoms with Gasteiger partial charge in [0.15, 0.2) is 0 Å². The van der Waals surface area contributed by atoms with Gasteiger partial charge >= 0.3 is 12.3 Å². The van der Waals surface area contributed by atoms with Crippen LogP contribution in [0.5, 0.6) is 5.88 Å². The predicted molar refractivity (Wildman–Crippen MR) is 68.6 cm³/mol. The molecular formula is C10H10ClF3N2O5S. The Labute approximate surface area is 128 Å². The van der Waals surface area contributed by atoms with Crippen LogP contribution in [-0.2, 0) is 20.9 Å². The van der Waals surface area contributed by atoms with Gasteiger partial charge in [-0.3, -0.25) is 0 Å². The Kier molecular flexibility index (Phi) is 5.46. The van der Waals surface area contributed by atoms with Crippen molar-refractivity contribution in [2.45, 2.75) is 13.1 Å². The molecule has 0 aliphatic carbocycles. The summed E-state index contributed by atoms with van der Waals surface area (Å²) in [4.78, 5) is 19.4. The molecule has 0 radical (unpaired) electrons. The Morgan fingerprint density at radius 3 is 2.45 bits per heavy atom. The van der Waals surface area contributed by atoms with Crippen molar-refractivity contribution in [3.63, 3.8) is 0 Å². The quantitative estimate of drug-likeness (QED) is 0.604. The highest BCUT2D eigenvalue weighted by atomic mass is 35.5. The monoisotopic (exact) mass is 362 g/mol. The zero-order valence-corrected chi connectivity index (χ0v) is 12.8. The maximum atomic E-state index is 12.6. The van der Waals surface area contributed by atoms with E-state index in [1.165, 1.54) is 6.92 Å². The van der Waals surface area contributed by atoms with E-state index in [0.717, 1.165) is 0 Å². The van der Waals surface area contributed by atoms with Crippen LogP contribution in [0.3, 0.4) is 0 Å². The second kappa shape index (κ2) is 6.57. The SMILES string of the molecule is CCOC(=O)N(Oc1cc(C(F)(F)F)cc(Cl)n1)S(C)(=O)=O. The fourth-order valence-corrected chi connectivity index (χ4v) is 1.92. The van der Waals surface area contributed by atoms with Crippen molar-refractivity contribution in [1.82, 2.24) is 9.45 Å². The van der Waals surface area contributed by atoms with E-state index < -0.39 is 38.9 Å². The molecule has 0 spiro atoms. The van der Waals surface area contributed by atoms with Gasteiger partial charge in [-0.2, -0.15) is 18.2 Å². The normalized spacial score (nSPS) is 11.9. The molecular weight excluding hydrogens is 353 g/mol. The van der Waals surface area contributed by atoms with Crippen LogP contribution in [0.4, 0.5) is 18.0 Å². The molecule has 22 heavy (non-hydrogen) atoms. The first-order chi connectivity index (χ1) is 9.95. The number of nitrogens with zero attached hydrogens (tertiary/aromatic N) is 2. The van der Waals surface area contributed by atoms with Crippen molar-refractivity contribution >= 4 is 27.7 Å². The first-order valence-electron chi connectivity index (χ1n) is 5.55. The minimum Gasteiger partial charge on any atom is -0.447 e. The molecule has 12 heteroatoms. The van der Waals surface area contributed by atoms with Gasteiger partial charge < -0.3 is 9.57 Å². The number of halogens is 4. The van der Waals surface area contributed by atoms with Gasteiger partial charge in [0, 0.05) is 6.07 Å². The van der Waals surface area contributed by atoms with Crippen LogP contribution >= 0.6 is 11.6 Å². The molecule has 0 aromatic carbocycles. The average Bonchev–Trinajstić information content (AvgIpc) is 2.33. The van der Waals surface area contributed by atoms with Crippen molar-refractivity contribution < 1.29 is 36.0 Å². The summed E-state index contributed by atoms with van der Waals surface area (Å²) in [6, 6.07) is 0.910. The molecule has 1 aromatic rings. The molecule has 0 saturated carbocycles. The molecule has 0 N–H and O–H groups in total. The van der Waals surface area contributed by atoms with Gasteiger partial charge in [0.25, 0.3) is 10.0 Å². The van der Waals surface area contributed by atoms with Gasteiger partial charge in [0.2, 0.25) is 5.88 Å². The van der Waals surface area contributed by atoms with E-state index in [9.17, 15) is 26.4 Å². The molecule has 7 nitrogen and oxygen atoms in total. The van der Waals surface area contributed by atoms with Gasteiger partial charge in [0.1, 0.15) is 5.15 Å². The van der Waals surface area contributed by atoms with Crippen molar-refractivity contribution in [1.29, 1.82) is 0 Å². The van der Waals surface area contributed by atoms with E-state index in [0.29, 0.717) is 18.4 Å². The maximum absolute atomic E-state index is 12.6. The van der Waals surface area contributed by atoms with Crippen molar-refractivity contribution in [2.24, 2.45) is 0 Å². The third-order valence-electron chi connectivity index (χ3n) is 1.99. The van der Waals surface area contributed by atoms with Crippen molar-refractivity contribution in [3.05, 3.63) is 22.8 Å². The molecule has 1 rings (SSSR count). The minimum absolute atomic E-state index is 0.176. The number of rotatable bonds is 4. The molecule has 0 unspecified atom stereocenters. The summed E-state index contributed by atoms with van der Waals surface area (Å²) >= 11 is 5.42. The molecule has 0 aliphatic heterocycles. The first kappa shape index (κ1) is 18.3. The number of pyridine rings is 1. The van der Waals surface area contributed by atoms with E-state index in [1.54, 1.807) is 0 Å². The van der Waals surface area contributed by atoms with Crippen LogP contribution in [0.1, 0.15) is 12.5 Å². The zero-order valence-electron chi connectivity index (χ0n) is 11.2. The number of aromatic nitrogens is 1. The highest BCUT2D eigenvalue weighted by Crippen LogP contribution is 2.32. The molecule has 0 bridgehead atoms. The molecule has 1 aromatic heterocycles. The summed E-state index contributed by atoms with van der Waals surface area (Å²) in [5, 5.41) is -0.595. The third-order valence-corrected chi connectivity index (χ3v) is 3.01. The van der Waals surface area contributed by atoms with Crippen molar-refractivity contribution in [2.75, 3.05) is 12.9 Å². The molecule has 1 amide bonds. The van der Waals surface area contributed by atoms with Gasteiger partial charge in [-0.05, 0) is 17.5 Å². The topological polar surface area (TPSA) is 85.8 Å². The van der Waals surface area contributed by atoms with E-state index >= 15 is 0 Å². The molecule has 0 atom stereocenters. The minimum atomic E-state index is -4.76. The molecule has 0 saturated heterocycles. The summed E-state index contributed by atoms with van der Waals surface area (Å²) in [7, 11) is -4.27. The van der Waals surface area contributed by atoms with Crippen LogP contribution in [0.2, 0.25) is 5.15 Å². The average molecular weight is 363 g/mol. The lowest BCUT2D eigenvalue weighted by atomic mass is 10.2. The summed E-state index contributed by atoms with van der Waals surface area (Å²) in [5.41, 5.74) is -1.22. The smallest absolute Gasteiger partial charge is 0.447 e. The highest BCUT2D eigenvalue weighted by molar-refractivity contribution is 7.88. The number of sulfonamides is 1. The second-order valence-electron chi connectivity index (χ2n) is 3.79. The first-order valence-corrected chi connectivity index (χ1v) is 7.77. The fourth-order valence-electron chi connectivity index (χ4n) is 1.18. The van der Waals surface area contributed by atoms with Gasteiger partial charge in [-0.1, -0.05) is 11.6 Å². The summed E-state index contributed by atoms with van der Waals surface area (Å²) in [6.07, 6.45) is -5.59. The van der Waals surface area contributed by atoms with Crippen LogP contribution in [0.15, 0.2) is 12.1 Å². The van der Waals surface area contributed by atoms with E-state index in [4.69, 9.17) is 11.6 Å². The molecule has 0 fully saturated rings. The van der Waals surface area contributed by atoms with Crippen LogP contribution in [-0.4, -0.2) is 36.8 Å². The highest BCUT2D eigenvalue weighted by Gasteiger charge is 2.33. The lowest BCUT2D eigenvalue weighted by Crippen LogP contribution is -2.39. The van der Waals surface area contributed by atoms with Crippen LogP contribution in [0.25, 0.3) is 0 Å². The number of alkyl halides is 3. The number of ether oxygens (including phenoxy) is 1. The number of carbonyl (C=O) groups excluding carboxylic acids is 1. The van der Waals surface area contributed by atoms with E-state index in [-0.39, 0.29) is 11.1 Å². The summed E-state index contributed by atoms with van der Waals surface area (Å²) in [5.74, 6) is -0.835. The van der Waals surface area contributed by atoms with Crippen LogP contribution in [0, 0.1) is 0 Å². The number of carbonyl (C=O) groups is 1. The zero-order chi connectivity index (χ0) is 17.1. The Hall–Kier alpha value is -1.75. The largest absolute Gasteiger partial charge is 0.458 e. The second-order valence-corrected chi connectivity index (χ2v) is 5.98. The standard InChI is InChI=1S/C10H10ClF3N2O5S/c1-3-20-9(17)16(22(2,18)19)21-8-5-6(10(12,13)14)4-7(11)15-8/h4-5H,3H2,1-2H3. The molecule has 124 valence electrons. The van der Waals surface area contributed by atoms with Crippen molar-refractivity contribution in [3.8, 4) is 5.88 Å². The number of hydrogen-bond acceptors (Lipinski definition) is 6. The lowest BCUT2D eigenvalue weighted by molar-refractivity contribution is -0.137. The van der Waals surface area contributed by atoms with E-state index in [2.05, 4.69) is 14.6 Å². The fraction of sp³-hybridized carbons (Fsp3) is 0.400. The molecule has 0 aliphatic rings. The van der Waals surface area contributed by atoms with Crippen LogP contribution < -0.4 is 4.84 Å². The summed E-state index contributed by atoms with van der Waals surface area (Å²) < 4.78 is 65.0. The Morgan fingerprint density at radius 2 is 2.00 bits per heavy atom. The molecule has 1 heterocycles. The van der Waals surface area contributed by atoms with Gasteiger partial charge in [-0.15, -0.1) is 0 Å². The lowest BCUT2D eigenvalue weighted by Gasteiger charge is -2.18. The Bertz CT molecular complexity index is 665. The number of hydroxylamine groups is 1. The Balaban J connectivity index is 3.19. The number of amides is 1. The van der Waals surface area contributed by atoms with Gasteiger partial charge in [-0.25, -0.2) is 13.2 Å². The predicted octanol–water partition coefficient (Wildman–Crippen LogP) is 2.47. The maximum Gasteiger partial charge on any atom is 0.458 e.